The van der Waals surface area contributed by atoms with Crippen molar-refractivity contribution >= 4 is 5.91 Å². The predicted octanol–water partition coefficient (Wildman–Crippen LogP) is 3.29. The quantitative estimate of drug-likeness (QED) is 0.758. The smallest absolute Gasteiger partial charge is 0.229 e. The Morgan fingerprint density at radius 1 is 1.16 bits per heavy atom. The van der Waals surface area contributed by atoms with Gasteiger partial charge in [-0.1, -0.05) is 56.3 Å². The Balaban J connectivity index is 2.06. The molecule has 0 bridgehead atoms. The Morgan fingerprint density at radius 2 is 1.84 bits per heavy atom. The number of nitrogens with zero attached hydrogens (tertiary/aromatic N) is 1. The van der Waals surface area contributed by atoms with E-state index in [4.69, 9.17) is 0 Å². The number of hydrogen-bond donors (Lipinski definition) is 0. The average molecular weight is 257 g/mol. The molecule has 0 spiro atoms. The van der Waals surface area contributed by atoms with Gasteiger partial charge < -0.3 is 4.90 Å². The largest absolute Gasteiger partial charge is 0.338 e. The zero-order chi connectivity index (χ0) is 13.8. The zero-order valence-corrected chi connectivity index (χ0v) is 12.0. The lowest BCUT2D eigenvalue weighted by atomic mass is 9.90. The maximum atomic E-state index is 12.3. The van der Waals surface area contributed by atoms with E-state index in [1.807, 2.05) is 30.1 Å². The second-order valence-corrected chi connectivity index (χ2v) is 5.83. The molecule has 1 aromatic rings. The topological polar surface area (TPSA) is 20.3 Å². The minimum Gasteiger partial charge on any atom is -0.338 e. The maximum Gasteiger partial charge on any atom is 0.229 e. The van der Waals surface area contributed by atoms with Gasteiger partial charge in [0.15, 0.2) is 0 Å². The van der Waals surface area contributed by atoms with E-state index in [0.29, 0.717) is 5.92 Å². The molecule has 2 atom stereocenters. The number of rotatable bonds is 4. The Kier molecular flexibility index (Phi) is 4.41. The van der Waals surface area contributed by atoms with Crippen LogP contribution >= 0.6 is 0 Å². The third-order valence-corrected chi connectivity index (χ3v) is 3.74. The monoisotopic (exact) mass is 257 g/mol. The number of benzene rings is 1. The molecule has 0 radical (unpaired) electrons. The molecule has 1 aliphatic heterocycles. The fourth-order valence-electron chi connectivity index (χ4n) is 2.65. The number of likely N-dealkylation sites (N-methyl/N-ethyl adjacent to an activating group) is 1. The van der Waals surface area contributed by atoms with Gasteiger partial charge in [-0.25, -0.2) is 0 Å². The van der Waals surface area contributed by atoms with Crippen LogP contribution in [0.1, 0.15) is 25.8 Å². The molecule has 2 rings (SSSR count). The van der Waals surface area contributed by atoms with E-state index in [-0.39, 0.29) is 17.9 Å². The van der Waals surface area contributed by atoms with Gasteiger partial charge in [0, 0.05) is 7.05 Å². The number of hydrogen-bond acceptors (Lipinski definition) is 1. The highest BCUT2D eigenvalue weighted by atomic mass is 16.2. The summed E-state index contributed by atoms with van der Waals surface area (Å²) in [5, 5.41) is 0. The van der Waals surface area contributed by atoms with Crippen LogP contribution in [-0.2, 0) is 11.2 Å². The van der Waals surface area contributed by atoms with E-state index >= 15 is 0 Å². The van der Waals surface area contributed by atoms with Crippen LogP contribution in [0, 0.1) is 11.8 Å². The van der Waals surface area contributed by atoms with Crippen LogP contribution in [0.15, 0.2) is 42.5 Å². The van der Waals surface area contributed by atoms with Gasteiger partial charge in [-0.15, -0.1) is 0 Å². The molecule has 0 N–H and O–H groups in total. The SMILES string of the molecule is CC(C)C[C@H]1C=C[C@H](Cc2ccccc2)N(C)C1=O. The third kappa shape index (κ3) is 3.46. The minimum atomic E-state index is 0.0667. The second-order valence-electron chi connectivity index (χ2n) is 5.83. The highest BCUT2D eigenvalue weighted by molar-refractivity contribution is 5.82. The highest BCUT2D eigenvalue weighted by Crippen LogP contribution is 2.23. The van der Waals surface area contributed by atoms with Crippen LogP contribution in [0.25, 0.3) is 0 Å². The molecule has 102 valence electrons. The molecule has 1 heterocycles. The van der Waals surface area contributed by atoms with E-state index in [1.165, 1.54) is 5.56 Å². The lowest BCUT2D eigenvalue weighted by molar-refractivity contribution is -0.135. The molecule has 0 aromatic heterocycles. The first-order chi connectivity index (χ1) is 9.08. The first kappa shape index (κ1) is 13.9. The van der Waals surface area contributed by atoms with Crippen LogP contribution < -0.4 is 0 Å². The van der Waals surface area contributed by atoms with Gasteiger partial charge in [-0.05, 0) is 24.3 Å². The van der Waals surface area contributed by atoms with Gasteiger partial charge in [0.05, 0.1) is 12.0 Å². The van der Waals surface area contributed by atoms with E-state index in [1.54, 1.807) is 0 Å². The molecule has 0 saturated heterocycles. The Morgan fingerprint density at radius 3 is 2.47 bits per heavy atom. The molecular formula is C17H23NO. The highest BCUT2D eigenvalue weighted by Gasteiger charge is 2.28. The van der Waals surface area contributed by atoms with Gasteiger partial charge in [0.1, 0.15) is 0 Å². The van der Waals surface area contributed by atoms with Gasteiger partial charge in [0.25, 0.3) is 0 Å². The van der Waals surface area contributed by atoms with E-state index in [0.717, 1.165) is 12.8 Å². The van der Waals surface area contributed by atoms with Crippen LogP contribution in [0.5, 0.6) is 0 Å². The fraction of sp³-hybridized carbons (Fsp3) is 0.471. The molecule has 2 heteroatoms. The van der Waals surface area contributed by atoms with Crippen LogP contribution in [0.3, 0.4) is 0 Å². The molecule has 1 aliphatic rings. The van der Waals surface area contributed by atoms with Gasteiger partial charge in [0.2, 0.25) is 5.91 Å². The number of carbonyl (C=O) groups is 1. The van der Waals surface area contributed by atoms with Gasteiger partial charge >= 0.3 is 0 Å². The summed E-state index contributed by atoms with van der Waals surface area (Å²) in [6, 6.07) is 10.5. The van der Waals surface area contributed by atoms with Crippen molar-refractivity contribution in [3.05, 3.63) is 48.0 Å². The van der Waals surface area contributed by atoms with E-state index in [9.17, 15) is 4.79 Å². The summed E-state index contributed by atoms with van der Waals surface area (Å²) in [5.74, 6) is 0.881. The first-order valence-electron chi connectivity index (χ1n) is 7.07. The fourth-order valence-corrected chi connectivity index (χ4v) is 2.65. The maximum absolute atomic E-state index is 12.3. The van der Waals surface area contributed by atoms with Crippen molar-refractivity contribution < 1.29 is 4.79 Å². The third-order valence-electron chi connectivity index (χ3n) is 3.74. The van der Waals surface area contributed by atoms with Crippen LogP contribution in [0.2, 0.25) is 0 Å². The van der Waals surface area contributed by atoms with Crippen molar-refractivity contribution in [3.8, 4) is 0 Å². The Bertz CT molecular complexity index is 450. The molecule has 0 aliphatic carbocycles. The van der Waals surface area contributed by atoms with Crippen LogP contribution in [-0.4, -0.2) is 23.9 Å². The van der Waals surface area contributed by atoms with Crippen molar-refractivity contribution in [1.82, 2.24) is 4.90 Å². The Labute approximate surface area is 116 Å². The van der Waals surface area contributed by atoms with Crippen molar-refractivity contribution in [2.24, 2.45) is 11.8 Å². The number of amides is 1. The Hall–Kier alpha value is -1.57. The summed E-state index contributed by atoms with van der Waals surface area (Å²) in [6.45, 7) is 4.33. The van der Waals surface area contributed by atoms with Crippen molar-refractivity contribution in [2.45, 2.75) is 32.7 Å². The molecule has 0 fully saturated rings. The molecule has 0 unspecified atom stereocenters. The molecule has 1 aromatic carbocycles. The van der Waals surface area contributed by atoms with Crippen molar-refractivity contribution in [2.75, 3.05) is 7.05 Å². The van der Waals surface area contributed by atoms with Gasteiger partial charge in [-0.3, -0.25) is 4.79 Å². The minimum absolute atomic E-state index is 0.0667. The summed E-state index contributed by atoms with van der Waals surface area (Å²) in [7, 11) is 1.92. The van der Waals surface area contributed by atoms with Crippen molar-refractivity contribution in [1.29, 1.82) is 0 Å². The summed E-state index contributed by atoms with van der Waals surface area (Å²) < 4.78 is 0. The zero-order valence-electron chi connectivity index (χ0n) is 12.0. The standard InChI is InChI=1S/C17H23NO/c1-13(2)11-15-9-10-16(18(3)17(15)19)12-14-7-5-4-6-8-14/h4-10,13,15-16H,11-12H2,1-3H3/t15-,16-/m1/s1. The summed E-state index contributed by atoms with van der Waals surface area (Å²) in [5.41, 5.74) is 1.28. The van der Waals surface area contributed by atoms with E-state index < -0.39 is 0 Å². The average Bonchev–Trinajstić information content (AvgIpc) is 2.39. The summed E-state index contributed by atoms with van der Waals surface area (Å²) >= 11 is 0. The number of carbonyl (C=O) groups excluding carboxylic acids is 1. The molecule has 1 amide bonds. The van der Waals surface area contributed by atoms with Gasteiger partial charge in [-0.2, -0.15) is 0 Å². The molecule has 2 nitrogen and oxygen atoms in total. The van der Waals surface area contributed by atoms with Crippen LogP contribution in [0.4, 0.5) is 0 Å². The second kappa shape index (κ2) is 6.05. The lowest BCUT2D eigenvalue weighted by Crippen LogP contribution is -2.43. The molecule has 19 heavy (non-hydrogen) atoms. The molecular weight excluding hydrogens is 234 g/mol. The lowest BCUT2D eigenvalue weighted by Gasteiger charge is -2.33. The predicted molar refractivity (Wildman–Crippen MR) is 78.8 cm³/mol. The van der Waals surface area contributed by atoms with E-state index in [2.05, 4.69) is 38.1 Å². The molecule has 0 saturated carbocycles. The summed E-state index contributed by atoms with van der Waals surface area (Å²) in [6.07, 6.45) is 6.14. The summed E-state index contributed by atoms with van der Waals surface area (Å²) in [4.78, 5) is 14.2. The van der Waals surface area contributed by atoms with Crippen molar-refractivity contribution in [3.63, 3.8) is 0 Å². The first-order valence-corrected chi connectivity index (χ1v) is 7.07. The normalized spacial score (nSPS) is 23.2.